The number of nitrogens with zero attached hydrogens (tertiary/aromatic N) is 1. The van der Waals surface area contributed by atoms with Gasteiger partial charge in [-0.15, -0.1) is 0 Å². The minimum absolute atomic E-state index is 0.0566. The van der Waals surface area contributed by atoms with E-state index in [9.17, 15) is 13.2 Å². The number of piperidine rings is 1. The monoisotopic (exact) mass is 289 g/mol. The van der Waals surface area contributed by atoms with E-state index in [0.717, 1.165) is 25.9 Å². The Labute approximate surface area is 114 Å². The summed E-state index contributed by atoms with van der Waals surface area (Å²) in [6.45, 7) is 2.19. The third kappa shape index (κ3) is 4.43. The Hall–Kier alpha value is -0.660. The molecule has 6 nitrogen and oxygen atoms in total. The quantitative estimate of drug-likeness (QED) is 0.692. The molecule has 0 aromatic rings. The highest BCUT2D eigenvalue weighted by Crippen LogP contribution is 2.12. The summed E-state index contributed by atoms with van der Waals surface area (Å²) in [5.41, 5.74) is 0. The minimum atomic E-state index is -2.93. The Morgan fingerprint density at radius 3 is 2.74 bits per heavy atom. The van der Waals surface area contributed by atoms with Crippen molar-refractivity contribution in [1.29, 1.82) is 0 Å². The molecule has 19 heavy (non-hydrogen) atoms. The highest BCUT2D eigenvalue weighted by molar-refractivity contribution is 7.91. The van der Waals surface area contributed by atoms with Crippen molar-refractivity contribution in [3.05, 3.63) is 0 Å². The van der Waals surface area contributed by atoms with E-state index >= 15 is 0 Å². The molecule has 2 N–H and O–H groups in total. The first-order valence-electron chi connectivity index (χ1n) is 6.88. The number of rotatable bonds is 4. The number of carbonyl (C=O) groups is 1. The van der Waals surface area contributed by atoms with Crippen LogP contribution in [0.3, 0.4) is 0 Å². The second kappa shape index (κ2) is 6.19. The molecule has 0 aliphatic carbocycles. The van der Waals surface area contributed by atoms with E-state index in [-0.39, 0.29) is 23.5 Å². The Morgan fingerprint density at radius 2 is 2.11 bits per heavy atom. The largest absolute Gasteiger partial charge is 0.351 e. The minimum Gasteiger partial charge on any atom is -0.351 e. The summed E-state index contributed by atoms with van der Waals surface area (Å²) in [6, 6.07) is 0.260. The molecule has 2 unspecified atom stereocenters. The van der Waals surface area contributed by atoms with E-state index in [1.807, 2.05) is 7.05 Å². The Bertz CT molecular complexity index is 424. The zero-order valence-corrected chi connectivity index (χ0v) is 12.2. The molecule has 0 bridgehead atoms. The fourth-order valence-corrected chi connectivity index (χ4v) is 4.49. The van der Waals surface area contributed by atoms with E-state index in [4.69, 9.17) is 0 Å². The maximum atomic E-state index is 11.9. The lowest BCUT2D eigenvalue weighted by Gasteiger charge is -2.32. The predicted octanol–water partition coefficient (Wildman–Crippen LogP) is -1.03. The third-order valence-corrected chi connectivity index (χ3v) is 5.65. The standard InChI is InChI=1S/C12H23N3O3S/c1-13-10-3-2-5-15(7-10)8-12(16)14-11-4-6-19(17,18)9-11/h10-11,13H,2-9H2,1H3,(H,14,16). The van der Waals surface area contributed by atoms with E-state index in [1.54, 1.807) is 0 Å². The van der Waals surface area contributed by atoms with Gasteiger partial charge in [-0.05, 0) is 32.9 Å². The molecule has 2 saturated heterocycles. The number of carbonyl (C=O) groups excluding carboxylic acids is 1. The number of amides is 1. The second-order valence-electron chi connectivity index (χ2n) is 5.53. The topological polar surface area (TPSA) is 78.5 Å². The highest BCUT2D eigenvalue weighted by Gasteiger charge is 2.29. The Morgan fingerprint density at radius 1 is 1.32 bits per heavy atom. The number of likely N-dealkylation sites (N-methyl/N-ethyl adjacent to an activating group) is 1. The second-order valence-corrected chi connectivity index (χ2v) is 7.76. The molecular weight excluding hydrogens is 266 g/mol. The maximum Gasteiger partial charge on any atom is 0.234 e. The van der Waals surface area contributed by atoms with Gasteiger partial charge in [0.25, 0.3) is 0 Å². The van der Waals surface area contributed by atoms with E-state index in [0.29, 0.717) is 19.0 Å². The Kier molecular flexibility index (Phi) is 4.81. The number of hydrogen-bond donors (Lipinski definition) is 2. The number of likely N-dealkylation sites (tertiary alicyclic amines) is 1. The predicted molar refractivity (Wildman–Crippen MR) is 73.7 cm³/mol. The molecule has 2 atom stereocenters. The fourth-order valence-electron chi connectivity index (χ4n) is 2.82. The van der Waals surface area contributed by atoms with Gasteiger partial charge in [0.1, 0.15) is 0 Å². The third-order valence-electron chi connectivity index (χ3n) is 3.88. The van der Waals surface area contributed by atoms with Crippen molar-refractivity contribution in [3.8, 4) is 0 Å². The van der Waals surface area contributed by atoms with E-state index < -0.39 is 9.84 Å². The molecule has 0 aromatic heterocycles. The van der Waals surface area contributed by atoms with Gasteiger partial charge < -0.3 is 10.6 Å². The summed E-state index contributed by atoms with van der Waals surface area (Å²) in [6.07, 6.45) is 2.79. The molecule has 110 valence electrons. The highest BCUT2D eigenvalue weighted by atomic mass is 32.2. The van der Waals surface area contributed by atoms with Gasteiger partial charge in [-0.3, -0.25) is 9.69 Å². The zero-order valence-electron chi connectivity index (χ0n) is 11.4. The summed E-state index contributed by atoms with van der Waals surface area (Å²) >= 11 is 0. The molecule has 2 aliphatic rings. The van der Waals surface area contributed by atoms with Gasteiger partial charge in [0, 0.05) is 18.6 Å². The van der Waals surface area contributed by atoms with Crippen LogP contribution in [0.25, 0.3) is 0 Å². The van der Waals surface area contributed by atoms with Crippen LogP contribution in [0.5, 0.6) is 0 Å². The van der Waals surface area contributed by atoms with Gasteiger partial charge >= 0.3 is 0 Å². The van der Waals surface area contributed by atoms with Crippen molar-refractivity contribution in [3.63, 3.8) is 0 Å². The summed E-state index contributed by atoms with van der Waals surface area (Å²) in [5.74, 6) is 0.236. The smallest absolute Gasteiger partial charge is 0.234 e. The van der Waals surface area contributed by atoms with Crippen LogP contribution in [0.2, 0.25) is 0 Å². The molecule has 2 rings (SSSR count). The lowest BCUT2D eigenvalue weighted by Crippen LogP contribution is -2.49. The summed E-state index contributed by atoms with van der Waals surface area (Å²) in [7, 11) is -0.983. The molecule has 2 heterocycles. The summed E-state index contributed by atoms with van der Waals surface area (Å²) < 4.78 is 22.6. The number of nitrogens with one attached hydrogen (secondary N) is 2. The Balaban J connectivity index is 1.75. The van der Waals surface area contributed by atoms with Crippen molar-refractivity contribution >= 4 is 15.7 Å². The van der Waals surface area contributed by atoms with Gasteiger partial charge in [0.15, 0.2) is 9.84 Å². The lowest BCUT2D eigenvalue weighted by atomic mass is 10.1. The van der Waals surface area contributed by atoms with Crippen LogP contribution in [0.15, 0.2) is 0 Å². The van der Waals surface area contributed by atoms with Gasteiger partial charge in [0.2, 0.25) is 5.91 Å². The van der Waals surface area contributed by atoms with Crippen LogP contribution in [0.4, 0.5) is 0 Å². The zero-order chi connectivity index (χ0) is 13.9. The van der Waals surface area contributed by atoms with Crippen molar-refractivity contribution in [2.45, 2.75) is 31.3 Å². The van der Waals surface area contributed by atoms with Gasteiger partial charge in [-0.1, -0.05) is 0 Å². The van der Waals surface area contributed by atoms with Gasteiger partial charge in [0.05, 0.1) is 18.1 Å². The first-order valence-corrected chi connectivity index (χ1v) is 8.70. The molecule has 2 fully saturated rings. The SMILES string of the molecule is CNC1CCCN(CC(=O)NC2CCS(=O)(=O)C2)C1. The van der Waals surface area contributed by atoms with Crippen molar-refractivity contribution in [2.24, 2.45) is 0 Å². The number of sulfone groups is 1. The summed E-state index contributed by atoms with van der Waals surface area (Å²) in [5, 5.41) is 6.07. The first-order chi connectivity index (χ1) is 8.98. The molecule has 2 aliphatic heterocycles. The van der Waals surface area contributed by atoms with E-state index in [2.05, 4.69) is 15.5 Å². The van der Waals surface area contributed by atoms with Crippen LogP contribution in [-0.2, 0) is 14.6 Å². The number of hydrogen-bond acceptors (Lipinski definition) is 5. The molecular formula is C12H23N3O3S. The van der Waals surface area contributed by atoms with Crippen LogP contribution >= 0.6 is 0 Å². The maximum absolute atomic E-state index is 11.9. The summed E-state index contributed by atoms with van der Waals surface area (Å²) in [4.78, 5) is 14.0. The average molecular weight is 289 g/mol. The fraction of sp³-hybridized carbons (Fsp3) is 0.917. The van der Waals surface area contributed by atoms with E-state index in [1.165, 1.54) is 0 Å². The normalized spacial score (nSPS) is 31.2. The van der Waals surface area contributed by atoms with Gasteiger partial charge in [-0.2, -0.15) is 0 Å². The molecule has 1 amide bonds. The molecule has 7 heteroatoms. The molecule has 0 radical (unpaired) electrons. The van der Waals surface area contributed by atoms with Crippen LogP contribution in [-0.4, -0.2) is 69.5 Å². The van der Waals surface area contributed by atoms with Gasteiger partial charge in [-0.25, -0.2) is 8.42 Å². The van der Waals surface area contributed by atoms with Crippen LogP contribution in [0, 0.1) is 0 Å². The average Bonchev–Trinajstić information content (AvgIpc) is 2.68. The molecule has 0 saturated carbocycles. The molecule has 0 spiro atoms. The lowest BCUT2D eigenvalue weighted by molar-refractivity contribution is -0.123. The van der Waals surface area contributed by atoms with Crippen molar-refractivity contribution in [1.82, 2.24) is 15.5 Å². The van der Waals surface area contributed by atoms with Crippen molar-refractivity contribution in [2.75, 3.05) is 38.2 Å². The van der Waals surface area contributed by atoms with Crippen LogP contribution < -0.4 is 10.6 Å². The first kappa shape index (κ1) is 14.7. The van der Waals surface area contributed by atoms with Crippen molar-refractivity contribution < 1.29 is 13.2 Å². The molecule has 0 aromatic carbocycles. The van der Waals surface area contributed by atoms with Crippen LogP contribution in [0.1, 0.15) is 19.3 Å².